The predicted octanol–water partition coefficient (Wildman–Crippen LogP) is 3.99. The van der Waals surface area contributed by atoms with Crippen molar-refractivity contribution in [1.82, 2.24) is 10.2 Å². The van der Waals surface area contributed by atoms with Gasteiger partial charge in [-0.25, -0.2) is 0 Å². The van der Waals surface area contributed by atoms with Crippen molar-refractivity contribution in [2.75, 3.05) is 20.3 Å². The van der Waals surface area contributed by atoms with E-state index in [-0.39, 0.29) is 11.8 Å². The van der Waals surface area contributed by atoms with E-state index in [1.807, 2.05) is 30.0 Å². The van der Waals surface area contributed by atoms with E-state index in [1.165, 1.54) is 0 Å². The molecule has 0 spiro atoms. The zero-order valence-corrected chi connectivity index (χ0v) is 17.0. The molecule has 2 rings (SSSR count). The van der Waals surface area contributed by atoms with Crippen molar-refractivity contribution in [1.29, 1.82) is 0 Å². The van der Waals surface area contributed by atoms with E-state index in [4.69, 9.17) is 21.7 Å². The first-order valence-corrected chi connectivity index (χ1v) is 9.46. The maximum absolute atomic E-state index is 12.5. The normalized spacial score (nSPS) is 17.2. The maximum atomic E-state index is 12.5. The number of hydrogen-bond donors (Lipinski definition) is 1. The number of methoxy groups -OCH3 is 1. The molecule has 1 heterocycles. The van der Waals surface area contributed by atoms with Crippen molar-refractivity contribution in [3.63, 3.8) is 0 Å². The van der Waals surface area contributed by atoms with Crippen molar-refractivity contribution in [2.45, 2.75) is 46.6 Å². The minimum atomic E-state index is -0.352. The molecule has 1 aliphatic heterocycles. The number of ether oxygens (including phenoxy) is 2. The van der Waals surface area contributed by atoms with E-state index in [9.17, 15) is 4.79 Å². The first-order valence-electron chi connectivity index (χ1n) is 9.05. The highest BCUT2D eigenvalue weighted by Gasteiger charge is 2.34. The van der Waals surface area contributed by atoms with Crippen molar-refractivity contribution >= 4 is 23.1 Å². The molecule has 0 radical (unpaired) electrons. The molecule has 26 heavy (non-hydrogen) atoms. The molecule has 1 aromatic carbocycles. The van der Waals surface area contributed by atoms with Gasteiger partial charge in [-0.15, -0.1) is 0 Å². The number of Topliss-reactive ketones (excluding diaryl/α,β-unsaturated/α-hetero) is 1. The number of nitrogens with one attached hydrogen (secondary N) is 1. The lowest BCUT2D eigenvalue weighted by Crippen LogP contribution is -2.47. The molecule has 142 valence electrons. The smallest absolute Gasteiger partial charge is 0.173 e. The second-order valence-electron chi connectivity index (χ2n) is 6.32. The highest BCUT2D eigenvalue weighted by molar-refractivity contribution is 7.80. The van der Waals surface area contributed by atoms with Gasteiger partial charge in [0, 0.05) is 23.4 Å². The Morgan fingerprint density at radius 2 is 2.04 bits per heavy atom. The summed E-state index contributed by atoms with van der Waals surface area (Å²) in [7, 11) is 1.62. The summed E-state index contributed by atoms with van der Waals surface area (Å²) in [6.45, 7) is 9.05. The van der Waals surface area contributed by atoms with Crippen LogP contribution in [0.2, 0.25) is 0 Å². The Morgan fingerprint density at radius 3 is 2.62 bits per heavy atom. The quantitative estimate of drug-likeness (QED) is 0.693. The number of nitrogens with zero attached hydrogens (tertiary/aromatic N) is 1. The second kappa shape index (κ2) is 9.03. The molecule has 0 saturated carbocycles. The van der Waals surface area contributed by atoms with Crippen molar-refractivity contribution < 1.29 is 14.3 Å². The van der Waals surface area contributed by atoms with Crippen LogP contribution in [0.15, 0.2) is 29.5 Å². The van der Waals surface area contributed by atoms with Gasteiger partial charge in [0.2, 0.25) is 0 Å². The first kappa shape index (κ1) is 20.2. The summed E-state index contributed by atoms with van der Waals surface area (Å²) in [6.07, 6.45) is 1.83. The lowest BCUT2D eigenvalue weighted by Gasteiger charge is -2.38. The largest absolute Gasteiger partial charge is 0.493 e. The Labute approximate surface area is 161 Å². The van der Waals surface area contributed by atoms with Crippen LogP contribution in [0.1, 0.15) is 52.1 Å². The minimum Gasteiger partial charge on any atom is -0.493 e. The molecule has 0 aromatic heterocycles. The minimum absolute atomic E-state index is 0.0212. The average molecular weight is 377 g/mol. The molecule has 1 aliphatic rings. The van der Waals surface area contributed by atoms with Crippen LogP contribution in [0.25, 0.3) is 0 Å². The number of carbonyl (C=O) groups is 1. The van der Waals surface area contributed by atoms with Crippen LogP contribution in [0, 0.1) is 0 Å². The molecule has 0 fully saturated rings. The molecular formula is C20H28N2O3S. The Hall–Kier alpha value is -2.08. The van der Waals surface area contributed by atoms with Crippen molar-refractivity contribution in [2.24, 2.45) is 0 Å². The number of thiocarbonyl (C=S) groups is 1. The summed E-state index contributed by atoms with van der Waals surface area (Å²) >= 11 is 5.58. The average Bonchev–Trinajstić information content (AvgIpc) is 2.62. The molecule has 1 N–H and O–H groups in total. The summed E-state index contributed by atoms with van der Waals surface area (Å²) < 4.78 is 11.5. The van der Waals surface area contributed by atoms with E-state index < -0.39 is 0 Å². The fourth-order valence-electron chi connectivity index (χ4n) is 3.24. The SMILES string of the molecule is CCCOc1c(OC)cccc1C1NC(=S)N(CCC)C(C)=C1C(C)=O. The van der Waals surface area contributed by atoms with Crippen LogP contribution in [0.5, 0.6) is 11.5 Å². The van der Waals surface area contributed by atoms with Gasteiger partial charge in [0.15, 0.2) is 22.4 Å². The van der Waals surface area contributed by atoms with Crippen LogP contribution in [-0.4, -0.2) is 36.1 Å². The van der Waals surface area contributed by atoms with Crippen LogP contribution in [0.4, 0.5) is 0 Å². The maximum Gasteiger partial charge on any atom is 0.173 e. The van der Waals surface area contributed by atoms with Crippen LogP contribution >= 0.6 is 12.2 Å². The topological polar surface area (TPSA) is 50.8 Å². The summed E-state index contributed by atoms with van der Waals surface area (Å²) in [5, 5.41) is 3.97. The Morgan fingerprint density at radius 1 is 1.31 bits per heavy atom. The van der Waals surface area contributed by atoms with Gasteiger partial charge < -0.3 is 19.7 Å². The van der Waals surface area contributed by atoms with Gasteiger partial charge in [-0.2, -0.15) is 0 Å². The van der Waals surface area contributed by atoms with Crippen molar-refractivity contribution in [3.05, 3.63) is 35.0 Å². The lowest BCUT2D eigenvalue weighted by molar-refractivity contribution is -0.114. The third kappa shape index (κ3) is 4.01. The van der Waals surface area contributed by atoms with E-state index in [2.05, 4.69) is 19.2 Å². The number of rotatable bonds is 8. The van der Waals surface area contributed by atoms with Crippen LogP contribution < -0.4 is 14.8 Å². The third-order valence-electron chi connectivity index (χ3n) is 4.41. The molecule has 5 nitrogen and oxygen atoms in total. The Balaban J connectivity index is 2.59. The fourth-order valence-corrected chi connectivity index (χ4v) is 3.59. The number of hydrogen-bond acceptors (Lipinski definition) is 4. The van der Waals surface area contributed by atoms with E-state index >= 15 is 0 Å². The highest BCUT2D eigenvalue weighted by Crippen LogP contribution is 2.40. The summed E-state index contributed by atoms with van der Waals surface area (Å²) in [5.41, 5.74) is 2.47. The predicted molar refractivity (Wildman–Crippen MR) is 108 cm³/mol. The molecule has 1 atom stereocenters. The Bertz CT molecular complexity index is 715. The molecule has 1 aromatic rings. The number of carbonyl (C=O) groups excluding carboxylic acids is 1. The number of ketones is 1. The molecule has 0 aliphatic carbocycles. The standard InChI is InChI=1S/C20H28N2O3S/c1-6-11-22-13(3)17(14(4)23)18(21-20(22)26)15-9-8-10-16(24-5)19(15)25-12-7-2/h8-10,18H,6-7,11-12H2,1-5H3,(H,21,26). The number of allylic oxidation sites excluding steroid dienone is 1. The summed E-state index contributed by atoms with van der Waals surface area (Å²) in [5.74, 6) is 1.33. The number of benzene rings is 1. The number of para-hydroxylation sites is 1. The third-order valence-corrected chi connectivity index (χ3v) is 4.75. The molecule has 0 amide bonds. The molecule has 0 saturated heterocycles. The van der Waals surface area contributed by atoms with Gasteiger partial charge in [0.1, 0.15) is 0 Å². The van der Waals surface area contributed by atoms with E-state index in [0.717, 1.165) is 30.6 Å². The van der Waals surface area contributed by atoms with Crippen LogP contribution in [0.3, 0.4) is 0 Å². The second-order valence-corrected chi connectivity index (χ2v) is 6.70. The van der Waals surface area contributed by atoms with E-state index in [0.29, 0.717) is 28.8 Å². The summed E-state index contributed by atoms with van der Waals surface area (Å²) in [6, 6.07) is 5.38. The monoisotopic (exact) mass is 376 g/mol. The van der Waals surface area contributed by atoms with Gasteiger partial charge in [0.05, 0.1) is 19.8 Å². The molecular weight excluding hydrogens is 348 g/mol. The fraction of sp³-hybridized carbons (Fsp3) is 0.500. The highest BCUT2D eigenvalue weighted by atomic mass is 32.1. The molecule has 0 bridgehead atoms. The van der Waals surface area contributed by atoms with Gasteiger partial charge >= 0.3 is 0 Å². The van der Waals surface area contributed by atoms with Gasteiger partial charge in [-0.05, 0) is 45.0 Å². The van der Waals surface area contributed by atoms with Gasteiger partial charge in [-0.3, -0.25) is 4.79 Å². The van der Waals surface area contributed by atoms with E-state index in [1.54, 1.807) is 14.0 Å². The van der Waals surface area contributed by atoms with Gasteiger partial charge in [0.25, 0.3) is 0 Å². The molecule has 6 heteroatoms. The summed E-state index contributed by atoms with van der Waals surface area (Å²) in [4.78, 5) is 14.5. The van der Waals surface area contributed by atoms with Crippen molar-refractivity contribution in [3.8, 4) is 11.5 Å². The lowest BCUT2D eigenvalue weighted by atomic mass is 9.91. The van der Waals surface area contributed by atoms with Gasteiger partial charge in [-0.1, -0.05) is 26.0 Å². The zero-order valence-electron chi connectivity index (χ0n) is 16.2. The van der Waals surface area contributed by atoms with Crippen LogP contribution in [-0.2, 0) is 4.79 Å². The zero-order chi connectivity index (χ0) is 19.3. The molecule has 1 unspecified atom stereocenters. The first-order chi connectivity index (χ1) is 12.5. The Kier molecular flexibility index (Phi) is 7.03.